The van der Waals surface area contributed by atoms with Gasteiger partial charge in [0.1, 0.15) is 12.6 Å². The fourth-order valence-electron chi connectivity index (χ4n) is 6.32. The molecule has 0 aliphatic carbocycles. The molecule has 5 nitrogen and oxygen atoms in total. The van der Waals surface area contributed by atoms with Crippen LogP contribution in [0.2, 0.25) is 0 Å². The first-order valence-electron chi connectivity index (χ1n) is 19.4. The van der Waals surface area contributed by atoms with Gasteiger partial charge in [-0.3, -0.25) is 9.59 Å². The molecule has 1 N–H and O–H groups in total. The summed E-state index contributed by atoms with van der Waals surface area (Å²) >= 11 is 0. The number of hydrogen-bond donors (Lipinski definition) is 1. The molecule has 44 heavy (non-hydrogen) atoms. The van der Waals surface area contributed by atoms with Crippen molar-refractivity contribution in [3.05, 3.63) is 0 Å². The lowest BCUT2D eigenvalue weighted by Crippen LogP contribution is -2.42. The SMILES string of the molecule is CCCCCCCCCCCCCCCCC(CCCCCCCCCCCCCC)C(=O)OC(=O)CC(O)C[N+](C)(C)C. The number of quaternary nitrogens is 1. The molecule has 0 aliphatic heterocycles. The number of esters is 2. The van der Waals surface area contributed by atoms with E-state index in [9.17, 15) is 14.7 Å². The quantitative estimate of drug-likeness (QED) is 0.0341. The van der Waals surface area contributed by atoms with Gasteiger partial charge in [-0.05, 0) is 12.8 Å². The molecule has 5 heteroatoms. The molecule has 0 aliphatic rings. The van der Waals surface area contributed by atoms with Crippen LogP contribution in [-0.4, -0.2) is 55.3 Å². The Labute approximate surface area is 275 Å². The second-order valence-corrected chi connectivity index (χ2v) is 14.9. The number of hydrogen-bond acceptors (Lipinski definition) is 4. The highest BCUT2D eigenvalue weighted by Gasteiger charge is 2.25. The van der Waals surface area contributed by atoms with Crippen LogP contribution in [0.1, 0.15) is 200 Å². The molecule has 0 fully saturated rings. The summed E-state index contributed by atoms with van der Waals surface area (Å²) < 4.78 is 5.84. The van der Waals surface area contributed by atoms with E-state index in [-0.39, 0.29) is 18.3 Å². The van der Waals surface area contributed by atoms with Crippen molar-refractivity contribution in [2.75, 3.05) is 27.7 Å². The third kappa shape index (κ3) is 31.1. The number of rotatable bonds is 33. The molecule has 0 radical (unpaired) electrons. The molecule has 0 aromatic carbocycles. The van der Waals surface area contributed by atoms with Crippen LogP contribution in [-0.2, 0) is 14.3 Å². The summed E-state index contributed by atoms with van der Waals surface area (Å²) in [5.74, 6) is -1.16. The first kappa shape index (κ1) is 43.1. The summed E-state index contributed by atoms with van der Waals surface area (Å²) in [7, 11) is 5.92. The zero-order valence-electron chi connectivity index (χ0n) is 30.5. The van der Waals surface area contributed by atoms with E-state index in [2.05, 4.69) is 13.8 Å². The monoisotopic (exact) mass is 625 g/mol. The number of ether oxygens (including phenoxy) is 1. The fraction of sp³-hybridized carbons (Fsp3) is 0.949. The molecule has 262 valence electrons. The predicted octanol–water partition coefficient (Wildman–Crippen LogP) is 11.1. The number of aliphatic hydroxyl groups is 1. The number of nitrogens with zero attached hydrogens (tertiary/aromatic N) is 1. The lowest BCUT2D eigenvalue weighted by molar-refractivity contribution is -0.873. The van der Waals surface area contributed by atoms with E-state index >= 15 is 0 Å². The van der Waals surface area contributed by atoms with Crippen molar-refractivity contribution in [2.45, 2.75) is 206 Å². The summed E-state index contributed by atoms with van der Waals surface area (Å²) in [5.41, 5.74) is 0. The Morgan fingerprint density at radius 1 is 0.523 bits per heavy atom. The molecular weight excluding hydrogens is 546 g/mol. The van der Waals surface area contributed by atoms with Crippen molar-refractivity contribution in [3.63, 3.8) is 0 Å². The lowest BCUT2D eigenvalue weighted by Gasteiger charge is -2.26. The summed E-state index contributed by atoms with van der Waals surface area (Å²) in [4.78, 5) is 25.4. The van der Waals surface area contributed by atoms with Crippen LogP contribution >= 0.6 is 0 Å². The average molecular weight is 625 g/mol. The minimum atomic E-state index is -0.795. The molecule has 0 aromatic heterocycles. The number of carbonyl (C=O) groups excluding carboxylic acids is 2. The van der Waals surface area contributed by atoms with Gasteiger partial charge in [0, 0.05) is 0 Å². The van der Waals surface area contributed by atoms with E-state index in [1.807, 2.05) is 21.1 Å². The maximum atomic E-state index is 13.0. The van der Waals surface area contributed by atoms with Crippen molar-refractivity contribution in [1.82, 2.24) is 0 Å². The maximum Gasteiger partial charge on any atom is 0.316 e. The van der Waals surface area contributed by atoms with Crippen LogP contribution in [0.25, 0.3) is 0 Å². The van der Waals surface area contributed by atoms with Crippen LogP contribution in [0.4, 0.5) is 0 Å². The van der Waals surface area contributed by atoms with Crippen LogP contribution in [0, 0.1) is 5.92 Å². The van der Waals surface area contributed by atoms with Crippen molar-refractivity contribution in [3.8, 4) is 0 Å². The van der Waals surface area contributed by atoms with Crippen molar-refractivity contribution in [2.24, 2.45) is 5.92 Å². The van der Waals surface area contributed by atoms with Gasteiger partial charge in [-0.25, -0.2) is 0 Å². The number of likely N-dealkylation sites (N-methyl/N-ethyl adjacent to an activating group) is 1. The van der Waals surface area contributed by atoms with Crippen molar-refractivity contribution < 1.29 is 23.9 Å². The standard InChI is InChI=1S/C39H78NO4/c1-6-8-10-12-14-16-18-20-21-23-25-27-29-31-33-36(39(43)44-38(42)34-37(41)35-40(3,4)5)32-30-28-26-24-22-19-17-15-13-11-9-7-2/h36-37,41H,6-35H2,1-5H3/q+1. The van der Waals surface area contributed by atoms with Gasteiger partial charge in [0.25, 0.3) is 0 Å². The highest BCUT2D eigenvalue weighted by Crippen LogP contribution is 2.22. The summed E-state index contributed by atoms with van der Waals surface area (Å²) in [5, 5.41) is 10.2. The minimum Gasteiger partial charge on any atom is -0.393 e. The Bertz CT molecular complexity index is 645. The first-order chi connectivity index (χ1) is 21.2. The van der Waals surface area contributed by atoms with E-state index < -0.39 is 12.1 Å². The van der Waals surface area contributed by atoms with E-state index in [1.54, 1.807) is 0 Å². The van der Waals surface area contributed by atoms with Crippen LogP contribution < -0.4 is 0 Å². The smallest absolute Gasteiger partial charge is 0.316 e. The van der Waals surface area contributed by atoms with Gasteiger partial charge in [-0.2, -0.15) is 0 Å². The Kier molecular flexibility index (Phi) is 30.0. The van der Waals surface area contributed by atoms with Crippen LogP contribution in [0.5, 0.6) is 0 Å². The average Bonchev–Trinajstić information content (AvgIpc) is 2.95. The van der Waals surface area contributed by atoms with Crippen LogP contribution in [0.15, 0.2) is 0 Å². The largest absolute Gasteiger partial charge is 0.393 e. The topological polar surface area (TPSA) is 63.6 Å². The molecule has 2 unspecified atom stereocenters. The minimum absolute atomic E-state index is 0.120. The van der Waals surface area contributed by atoms with Gasteiger partial charge >= 0.3 is 11.9 Å². The Balaban J connectivity index is 4.27. The first-order valence-corrected chi connectivity index (χ1v) is 19.4. The number of unbranched alkanes of at least 4 members (excludes halogenated alkanes) is 24. The van der Waals surface area contributed by atoms with E-state index in [4.69, 9.17) is 4.74 Å². The molecule has 0 aromatic rings. The zero-order valence-corrected chi connectivity index (χ0v) is 30.5. The van der Waals surface area contributed by atoms with E-state index in [0.717, 1.165) is 38.5 Å². The third-order valence-corrected chi connectivity index (χ3v) is 9.02. The van der Waals surface area contributed by atoms with E-state index in [1.165, 1.54) is 141 Å². The molecule has 2 atom stereocenters. The third-order valence-electron chi connectivity index (χ3n) is 9.02. The van der Waals surface area contributed by atoms with Gasteiger partial charge in [-0.15, -0.1) is 0 Å². The van der Waals surface area contributed by atoms with Gasteiger partial charge in [0.2, 0.25) is 0 Å². The van der Waals surface area contributed by atoms with Gasteiger partial charge in [0.05, 0.1) is 33.5 Å². The summed E-state index contributed by atoms with van der Waals surface area (Å²) in [6.45, 7) is 4.99. The molecule has 0 saturated carbocycles. The van der Waals surface area contributed by atoms with Crippen molar-refractivity contribution >= 4 is 11.9 Å². The molecule has 0 heterocycles. The predicted molar refractivity (Wildman–Crippen MR) is 189 cm³/mol. The lowest BCUT2D eigenvalue weighted by atomic mass is 9.94. The van der Waals surface area contributed by atoms with Gasteiger partial charge < -0.3 is 14.3 Å². The maximum absolute atomic E-state index is 13.0. The summed E-state index contributed by atoms with van der Waals surface area (Å²) in [6, 6.07) is 0. The normalized spacial score (nSPS) is 13.2. The van der Waals surface area contributed by atoms with Crippen LogP contribution in [0.3, 0.4) is 0 Å². The van der Waals surface area contributed by atoms with Gasteiger partial charge in [0.15, 0.2) is 0 Å². The Hall–Kier alpha value is -0.940. The highest BCUT2D eigenvalue weighted by atomic mass is 16.6. The second-order valence-electron chi connectivity index (χ2n) is 14.9. The Morgan fingerprint density at radius 3 is 1.11 bits per heavy atom. The molecule has 0 saturated heterocycles. The number of carbonyl (C=O) groups is 2. The molecule has 0 bridgehead atoms. The highest BCUT2D eigenvalue weighted by molar-refractivity contribution is 5.86. The molecule has 0 spiro atoms. The fourth-order valence-corrected chi connectivity index (χ4v) is 6.32. The van der Waals surface area contributed by atoms with Gasteiger partial charge in [-0.1, -0.05) is 181 Å². The number of aliphatic hydroxyl groups excluding tert-OH is 1. The molecule has 0 amide bonds. The molecular formula is C39H78NO4+. The Morgan fingerprint density at radius 2 is 0.818 bits per heavy atom. The molecule has 0 rings (SSSR count). The zero-order chi connectivity index (χ0) is 32.7. The van der Waals surface area contributed by atoms with Crippen molar-refractivity contribution in [1.29, 1.82) is 0 Å². The van der Waals surface area contributed by atoms with E-state index in [0.29, 0.717) is 11.0 Å². The summed E-state index contributed by atoms with van der Waals surface area (Å²) in [6.07, 6.45) is 34.7. The second kappa shape index (κ2) is 30.7.